The zero-order valence-electron chi connectivity index (χ0n) is 15.0. The quantitative estimate of drug-likeness (QED) is 0.423. The first-order chi connectivity index (χ1) is 11.5. The normalized spacial score (nSPS) is 20.5. The van der Waals surface area contributed by atoms with Gasteiger partial charge >= 0.3 is 5.97 Å². The van der Waals surface area contributed by atoms with Gasteiger partial charge in [0, 0.05) is 6.42 Å². The first-order valence-corrected chi connectivity index (χ1v) is 10.0. The van der Waals surface area contributed by atoms with Gasteiger partial charge in [0.25, 0.3) is 5.91 Å². The molecule has 24 heavy (non-hydrogen) atoms. The Balaban J connectivity index is 2.57. The van der Waals surface area contributed by atoms with Crippen LogP contribution in [-0.2, 0) is 23.9 Å². The van der Waals surface area contributed by atoms with E-state index in [9.17, 15) is 14.4 Å². The zero-order chi connectivity index (χ0) is 18.1. The van der Waals surface area contributed by atoms with E-state index in [0.29, 0.717) is 18.8 Å². The van der Waals surface area contributed by atoms with Crippen molar-refractivity contribution in [2.24, 2.45) is 5.92 Å². The Kier molecular flexibility index (Phi) is 9.36. The van der Waals surface area contributed by atoms with E-state index in [1.54, 1.807) is 18.7 Å². The van der Waals surface area contributed by atoms with E-state index >= 15 is 0 Å². The summed E-state index contributed by atoms with van der Waals surface area (Å²) in [6.45, 7) is 6.08. The lowest BCUT2D eigenvalue weighted by Crippen LogP contribution is -2.44. The average molecular weight is 359 g/mol. The minimum absolute atomic E-state index is 0.0550. The van der Waals surface area contributed by atoms with Crippen molar-refractivity contribution in [3.8, 4) is 0 Å². The third kappa shape index (κ3) is 6.43. The molecule has 1 rings (SSSR count). The maximum Gasteiger partial charge on any atom is 0.338 e. The van der Waals surface area contributed by atoms with Gasteiger partial charge in [-0.05, 0) is 31.3 Å². The van der Waals surface area contributed by atoms with Gasteiger partial charge in [-0.3, -0.25) is 9.59 Å². The largest absolute Gasteiger partial charge is 0.464 e. The van der Waals surface area contributed by atoms with E-state index in [-0.39, 0.29) is 12.4 Å². The molecule has 6 nitrogen and oxygen atoms in total. The van der Waals surface area contributed by atoms with Crippen LogP contribution in [-0.4, -0.2) is 54.5 Å². The molecule has 1 fully saturated rings. The smallest absolute Gasteiger partial charge is 0.338 e. The topological polar surface area (TPSA) is 85.0 Å². The molecular weight excluding hydrogens is 330 g/mol. The Morgan fingerprint density at radius 1 is 1.17 bits per heavy atom. The number of carbonyl (C=O) groups excluding carboxylic acids is 3. The van der Waals surface area contributed by atoms with Crippen LogP contribution in [0.1, 0.15) is 46.5 Å². The molecule has 0 bridgehead atoms. The number of rotatable bonds is 12. The molecule has 0 aromatic rings. The molecule has 0 saturated carbocycles. The maximum atomic E-state index is 12.5. The van der Waals surface area contributed by atoms with Crippen molar-refractivity contribution in [3.05, 3.63) is 0 Å². The van der Waals surface area contributed by atoms with Crippen LogP contribution in [0.4, 0.5) is 0 Å². The molecule has 0 unspecified atom stereocenters. The van der Waals surface area contributed by atoms with Gasteiger partial charge in [0.1, 0.15) is 0 Å². The summed E-state index contributed by atoms with van der Waals surface area (Å²) in [4.78, 5) is 36.3. The number of hydrogen-bond acceptors (Lipinski definition) is 6. The van der Waals surface area contributed by atoms with Crippen LogP contribution < -0.4 is 5.32 Å². The minimum atomic E-state index is -0.833. The predicted octanol–water partition coefficient (Wildman–Crippen LogP) is 1.95. The summed E-state index contributed by atoms with van der Waals surface area (Å²) in [6.07, 6.45) is 3.25. The van der Waals surface area contributed by atoms with Crippen LogP contribution in [0.2, 0.25) is 0 Å². The van der Waals surface area contributed by atoms with Crippen molar-refractivity contribution in [2.75, 3.05) is 18.6 Å². The first kappa shape index (κ1) is 21.0. The van der Waals surface area contributed by atoms with Gasteiger partial charge in [-0.1, -0.05) is 26.7 Å². The molecule has 1 N–H and O–H groups in total. The van der Waals surface area contributed by atoms with Crippen LogP contribution in [0.15, 0.2) is 0 Å². The molecule has 1 amide bonds. The van der Waals surface area contributed by atoms with Crippen LogP contribution in [0, 0.1) is 5.92 Å². The lowest BCUT2D eigenvalue weighted by atomic mass is 9.93. The molecular formula is C17H29NO5S. The highest BCUT2D eigenvalue weighted by Gasteiger charge is 2.52. The number of thioether (sulfide) groups is 1. The molecule has 0 aromatic carbocycles. The monoisotopic (exact) mass is 359 g/mol. The number of hydrogen-bond donors (Lipinski definition) is 1. The Hall–Kier alpha value is -1.08. The molecule has 1 saturated heterocycles. The highest BCUT2D eigenvalue weighted by atomic mass is 32.2. The Morgan fingerprint density at radius 2 is 1.83 bits per heavy atom. The van der Waals surface area contributed by atoms with Crippen molar-refractivity contribution in [1.82, 2.24) is 5.32 Å². The SMILES string of the molecule is CCOC(=O)[C@H]1O[C@@H]1C(=O)N[C@@H](CCSC)C(=O)CC(CC)CC. The Bertz CT molecular complexity index is 439. The van der Waals surface area contributed by atoms with E-state index < -0.39 is 30.1 Å². The molecule has 7 heteroatoms. The molecule has 0 radical (unpaired) electrons. The van der Waals surface area contributed by atoms with Gasteiger partial charge in [-0.2, -0.15) is 11.8 Å². The highest BCUT2D eigenvalue weighted by molar-refractivity contribution is 7.98. The Morgan fingerprint density at radius 3 is 2.38 bits per heavy atom. The molecule has 0 aliphatic carbocycles. The van der Waals surface area contributed by atoms with Gasteiger partial charge in [-0.25, -0.2) is 4.79 Å². The fraction of sp³-hybridized carbons (Fsp3) is 0.824. The average Bonchev–Trinajstić information content (AvgIpc) is 3.37. The second-order valence-electron chi connectivity index (χ2n) is 5.92. The van der Waals surface area contributed by atoms with Crippen molar-refractivity contribution in [2.45, 2.75) is 64.7 Å². The number of ketones is 1. The third-order valence-electron chi connectivity index (χ3n) is 4.23. The molecule has 3 atom stereocenters. The van der Waals surface area contributed by atoms with Crippen molar-refractivity contribution in [3.63, 3.8) is 0 Å². The third-order valence-corrected chi connectivity index (χ3v) is 4.87. The zero-order valence-corrected chi connectivity index (χ0v) is 15.8. The lowest BCUT2D eigenvalue weighted by molar-refractivity contribution is -0.144. The molecule has 0 spiro atoms. The number of carbonyl (C=O) groups is 3. The van der Waals surface area contributed by atoms with Crippen molar-refractivity contribution < 1.29 is 23.9 Å². The van der Waals surface area contributed by atoms with Gasteiger partial charge < -0.3 is 14.8 Å². The fourth-order valence-corrected chi connectivity index (χ4v) is 2.99. The van der Waals surface area contributed by atoms with Crippen LogP contribution in [0.3, 0.4) is 0 Å². The maximum absolute atomic E-state index is 12.5. The van der Waals surface area contributed by atoms with E-state index in [1.807, 2.05) is 6.26 Å². The molecule has 1 aliphatic heterocycles. The summed E-state index contributed by atoms with van der Waals surface area (Å²) in [7, 11) is 0. The summed E-state index contributed by atoms with van der Waals surface area (Å²) in [5.74, 6) is 0.251. The summed E-state index contributed by atoms with van der Waals surface area (Å²) >= 11 is 1.63. The number of epoxide rings is 1. The van der Waals surface area contributed by atoms with Crippen molar-refractivity contribution in [1.29, 1.82) is 0 Å². The highest BCUT2D eigenvalue weighted by Crippen LogP contribution is 2.24. The fourth-order valence-electron chi connectivity index (χ4n) is 2.52. The number of nitrogens with one attached hydrogen (secondary N) is 1. The van der Waals surface area contributed by atoms with Crippen LogP contribution in [0.25, 0.3) is 0 Å². The minimum Gasteiger partial charge on any atom is -0.464 e. The van der Waals surface area contributed by atoms with Gasteiger partial charge in [-0.15, -0.1) is 0 Å². The Labute approximate surface area is 148 Å². The van der Waals surface area contributed by atoms with E-state index in [4.69, 9.17) is 9.47 Å². The van der Waals surface area contributed by atoms with E-state index in [1.165, 1.54) is 0 Å². The van der Waals surface area contributed by atoms with E-state index in [2.05, 4.69) is 19.2 Å². The molecule has 1 aliphatic rings. The number of amides is 1. The molecule has 1 heterocycles. The predicted molar refractivity (Wildman–Crippen MR) is 93.9 cm³/mol. The van der Waals surface area contributed by atoms with Gasteiger partial charge in [0.15, 0.2) is 18.0 Å². The summed E-state index contributed by atoms with van der Waals surface area (Å²) in [6, 6.07) is -0.516. The number of ether oxygens (including phenoxy) is 2. The van der Waals surface area contributed by atoms with Crippen LogP contribution >= 0.6 is 11.8 Å². The van der Waals surface area contributed by atoms with Gasteiger partial charge in [0.05, 0.1) is 12.6 Å². The first-order valence-electron chi connectivity index (χ1n) is 8.62. The lowest BCUT2D eigenvalue weighted by Gasteiger charge is -2.19. The second kappa shape index (κ2) is 10.7. The summed E-state index contributed by atoms with van der Waals surface area (Å²) < 4.78 is 9.93. The molecule has 0 aromatic heterocycles. The standard InChI is InChI=1S/C17H29NO5S/c1-5-11(6-2)10-13(19)12(8-9-24-4)18-16(20)14-15(23-14)17(21)22-7-3/h11-12,14-15H,5-10H2,1-4H3,(H,18,20)/t12-,14-,15-/m0/s1. The second-order valence-corrected chi connectivity index (χ2v) is 6.91. The molecule has 138 valence electrons. The summed E-state index contributed by atoms with van der Waals surface area (Å²) in [5.41, 5.74) is 0. The van der Waals surface area contributed by atoms with E-state index in [0.717, 1.165) is 18.6 Å². The van der Waals surface area contributed by atoms with Crippen LogP contribution in [0.5, 0.6) is 0 Å². The number of esters is 1. The van der Waals surface area contributed by atoms with Crippen molar-refractivity contribution >= 4 is 29.4 Å². The number of Topliss-reactive ketones (excluding diaryl/α,β-unsaturated/α-hetero) is 1. The van der Waals surface area contributed by atoms with Gasteiger partial charge in [0.2, 0.25) is 0 Å². The summed E-state index contributed by atoms with van der Waals surface area (Å²) in [5, 5.41) is 2.76.